The first-order valence-electron chi connectivity index (χ1n) is 7.82. The van der Waals surface area contributed by atoms with Crippen LogP contribution in [0.4, 0.5) is 0 Å². The molecule has 20 heavy (non-hydrogen) atoms. The molecule has 0 aromatic heterocycles. The van der Waals surface area contributed by atoms with Crippen molar-refractivity contribution in [3.05, 3.63) is 0 Å². The Morgan fingerprint density at radius 3 is 2.50 bits per heavy atom. The predicted molar refractivity (Wildman–Crippen MR) is 84.2 cm³/mol. The van der Waals surface area contributed by atoms with E-state index >= 15 is 0 Å². The molecule has 1 heterocycles. The molecule has 1 fully saturated rings. The molecule has 120 valence electrons. The minimum atomic E-state index is 0.192. The number of hydrogen-bond acceptors (Lipinski definition) is 4. The molecule has 1 N–H and O–H groups in total. The Labute approximate surface area is 125 Å². The summed E-state index contributed by atoms with van der Waals surface area (Å²) in [6, 6.07) is 0.568. The number of nitrogens with zero attached hydrogens (tertiary/aromatic N) is 1. The van der Waals surface area contributed by atoms with Gasteiger partial charge in [-0.2, -0.15) is 0 Å². The van der Waals surface area contributed by atoms with Gasteiger partial charge in [-0.05, 0) is 25.7 Å². The van der Waals surface area contributed by atoms with Crippen molar-refractivity contribution >= 4 is 0 Å². The maximum absolute atomic E-state index is 5.73. The molecule has 1 atom stereocenters. The maximum atomic E-state index is 5.73. The van der Waals surface area contributed by atoms with E-state index in [9.17, 15) is 0 Å². The van der Waals surface area contributed by atoms with Crippen LogP contribution in [0.1, 0.15) is 41.0 Å². The molecule has 0 aromatic rings. The molecule has 1 unspecified atom stereocenters. The normalized spacial score (nSPS) is 24.0. The molecule has 0 radical (unpaired) electrons. The minimum absolute atomic E-state index is 0.192. The van der Waals surface area contributed by atoms with Crippen molar-refractivity contribution in [2.45, 2.75) is 52.6 Å². The Kier molecular flexibility index (Phi) is 6.92. The lowest BCUT2D eigenvalue weighted by atomic mass is 9.82. The summed E-state index contributed by atoms with van der Waals surface area (Å²) in [5, 5.41) is 3.66. The highest BCUT2D eigenvalue weighted by molar-refractivity contribution is 4.96. The number of ether oxygens (including phenoxy) is 2. The molecule has 0 saturated carbocycles. The summed E-state index contributed by atoms with van der Waals surface area (Å²) in [7, 11) is 1.73. The molecule has 0 aromatic carbocycles. The van der Waals surface area contributed by atoms with Gasteiger partial charge in [0.25, 0.3) is 0 Å². The lowest BCUT2D eigenvalue weighted by Gasteiger charge is -2.49. The first-order valence-corrected chi connectivity index (χ1v) is 7.82. The summed E-state index contributed by atoms with van der Waals surface area (Å²) in [5.41, 5.74) is 0.483. The average Bonchev–Trinajstić information content (AvgIpc) is 2.31. The van der Waals surface area contributed by atoms with Crippen LogP contribution in [0, 0.1) is 5.41 Å². The largest absolute Gasteiger partial charge is 0.385 e. The second-order valence-corrected chi connectivity index (χ2v) is 7.58. The standard InChI is InChI=1S/C16H34N2O2/c1-15(2,3)14-12-17-16(4,5)13-18(14)8-11-20-10-7-9-19-6/h14,17H,7-13H2,1-6H3. The smallest absolute Gasteiger partial charge is 0.0593 e. The molecule has 1 saturated heterocycles. The van der Waals surface area contributed by atoms with Crippen molar-refractivity contribution in [1.82, 2.24) is 10.2 Å². The van der Waals surface area contributed by atoms with Crippen LogP contribution in [0.2, 0.25) is 0 Å². The van der Waals surface area contributed by atoms with Gasteiger partial charge in [-0.25, -0.2) is 0 Å². The van der Waals surface area contributed by atoms with E-state index in [2.05, 4.69) is 44.8 Å². The number of piperazine rings is 1. The van der Waals surface area contributed by atoms with Gasteiger partial charge >= 0.3 is 0 Å². The van der Waals surface area contributed by atoms with E-state index < -0.39 is 0 Å². The van der Waals surface area contributed by atoms with Crippen LogP contribution >= 0.6 is 0 Å². The van der Waals surface area contributed by atoms with E-state index in [4.69, 9.17) is 9.47 Å². The van der Waals surface area contributed by atoms with Gasteiger partial charge in [0.1, 0.15) is 0 Å². The predicted octanol–water partition coefficient (Wildman–Crippen LogP) is 2.14. The van der Waals surface area contributed by atoms with Crippen LogP contribution in [-0.4, -0.2) is 63.0 Å². The monoisotopic (exact) mass is 286 g/mol. The lowest BCUT2D eigenvalue weighted by molar-refractivity contribution is 0.00658. The minimum Gasteiger partial charge on any atom is -0.385 e. The van der Waals surface area contributed by atoms with E-state index in [-0.39, 0.29) is 5.54 Å². The van der Waals surface area contributed by atoms with Crippen molar-refractivity contribution in [3.63, 3.8) is 0 Å². The highest BCUT2D eigenvalue weighted by Crippen LogP contribution is 2.28. The van der Waals surface area contributed by atoms with Crippen molar-refractivity contribution in [2.75, 3.05) is 46.6 Å². The Morgan fingerprint density at radius 1 is 1.20 bits per heavy atom. The van der Waals surface area contributed by atoms with Gasteiger partial charge < -0.3 is 14.8 Å². The van der Waals surface area contributed by atoms with E-state index in [0.29, 0.717) is 11.5 Å². The van der Waals surface area contributed by atoms with Crippen molar-refractivity contribution < 1.29 is 9.47 Å². The Morgan fingerprint density at radius 2 is 1.90 bits per heavy atom. The molecule has 0 amide bonds. The van der Waals surface area contributed by atoms with Gasteiger partial charge in [-0.3, -0.25) is 4.90 Å². The third kappa shape index (κ3) is 6.08. The fourth-order valence-electron chi connectivity index (χ4n) is 2.85. The first kappa shape index (κ1) is 17.9. The fourth-order valence-corrected chi connectivity index (χ4v) is 2.85. The van der Waals surface area contributed by atoms with Crippen molar-refractivity contribution in [1.29, 1.82) is 0 Å². The third-order valence-corrected chi connectivity index (χ3v) is 3.97. The zero-order chi connectivity index (χ0) is 15.2. The molecule has 1 aliphatic rings. The quantitative estimate of drug-likeness (QED) is 0.727. The molecule has 0 bridgehead atoms. The summed E-state index contributed by atoms with van der Waals surface area (Å²) >= 11 is 0. The Bertz CT molecular complexity index is 274. The summed E-state index contributed by atoms with van der Waals surface area (Å²) in [6.07, 6.45) is 0.978. The molecule has 0 aliphatic carbocycles. The maximum Gasteiger partial charge on any atom is 0.0593 e. The zero-order valence-electron chi connectivity index (χ0n) is 14.3. The molecule has 1 rings (SSSR count). The third-order valence-electron chi connectivity index (χ3n) is 3.97. The van der Waals surface area contributed by atoms with Crippen LogP contribution in [-0.2, 0) is 9.47 Å². The molecular formula is C16H34N2O2. The highest BCUT2D eigenvalue weighted by Gasteiger charge is 2.37. The van der Waals surface area contributed by atoms with Gasteiger partial charge in [-0.1, -0.05) is 20.8 Å². The van der Waals surface area contributed by atoms with Crippen LogP contribution in [0.15, 0.2) is 0 Å². The molecule has 1 aliphatic heterocycles. The first-order chi connectivity index (χ1) is 9.26. The Balaban J connectivity index is 2.40. The van der Waals surface area contributed by atoms with Crippen molar-refractivity contribution in [2.24, 2.45) is 5.41 Å². The molecule has 0 spiro atoms. The second kappa shape index (κ2) is 7.74. The van der Waals surface area contributed by atoms with Crippen LogP contribution < -0.4 is 5.32 Å². The van der Waals surface area contributed by atoms with E-state index in [1.807, 2.05) is 0 Å². The molecular weight excluding hydrogens is 252 g/mol. The average molecular weight is 286 g/mol. The summed E-state index contributed by atoms with van der Waals surface area (Å²) in [6.45, 7) is 17.1. The number of hydrogen-bond donors (Lipinski definition) is 1. The zero-order valence-corrected chi connectivity index (χ0v) is 14.3. The van der Waals surface area contributed by atoms with Gasteiger partial charge in [0.2, 0.25) is 0 Å². The summed E-state index contributed by atoms with van der Waals surface area (Å²) in [4.78, 5) is 2.59. The molecule has 4 nitrogen and oxygen atoms in total. The summed E-state index contributed by atoms with van der Waals surface area (Å²) < 4.78 is 10.8. The van der Waals surface area contributed by atoms with Crippen molar-refractivity contribution in [3.8, 4) is 0 Å². The van der Waals surface area contributed by atoms with Gasteiger partial charge in [0.05, 0.1) is 6.61 Å². The van der Waals surface area contributed by atoms with Crippen LogP contribution in [0.25, 0.3) is 0 Å². The summed E-state index contributed by atoms with van der Waals surface area (Å²) in [5.74, 6) is 0. The fraction of sp³-hybridized carbons (Fsp3) is 1.00. The van der Waals surface area contributed by atoms with E-state index in [0.717, 1.165) is 45.9 Å². The van der Waals surface area contributed by atoms with Gasteiger partial charge in [-0.15, -0.1) is 0 Å². The van der Waals surface area contributed by atoms with Gasteiger partial charge in [0.15, 0.2) is 0 Å². The number of nitrogens with one attached hydrogen (secondary N) is 1. The number of methoxy groups -OCH3 is 1. The molecule has 4 heteroatoms. The van der Waals surface area contributed by atoms with Crippen LogP contribution in [0.3, 0.4) is 0 Å². The van der Waals surface area contributed by atoms with E-state index in [1.54, 1.807) is 7.11 Å². The lowest BCUT2D eigenvalue weighted by Crippen LogP contribution is -2.65. The second-order valence-electron chi connectivity index (χ2n) is 7.58. The Hall–Kier alpha value is -0.160. The van der Waals surface area contributed by atoms with E-state index in [1.165, 1.54) is 0 Å². The van der Waals surface area contributed by atoms with Gasteiger partial charge in [0, 0.05) is 51.5 Å². The highest BCUT2D eigenvalue weighted by atomic mass is 16.5. The van der Waals surface area contributed by atoms with Crippen LogP contribution in [0.5, 0.6) is 0 Å². The topological polar surface area (TPSA) is 33.7 Å². The number of rotatable bonds is 7. The SMILES string of the molecule is COCCCOCCN1CC(C)(C)NCC1C(C)(C)C.